The van der Waals surface area contributed by atoms with Crippen molar-refractivity contribution in [1.29, 1.82) is 0 Å². The van der Waals surface area contributed by atoms with Crippen LogP contribution in [0.2, 0.25) is 0 Å². The summed E-state index contributed by atoms with van der Waals surface area (Å²) in [5.41, 5.74) is 1.20. The first kappa shape index (κ1) is 11.6. The highest BCUT2D eigenvalue weighted by Crippen LogP contribution is 2.12. The molecule has 0 amide bonds. The lowest BCUT2D eigenvalue weighted by atomic mass is 10.2. The second-order valence-electron chi connectivity index (χ2n) is 3.55. The predicted octanol–water partition coefficient (Wildman–Crippen LogP) is 1.47. The van der Waals surface area contributed by atoms with Crippen LogP contribution < -0.4 is 0 Å². The third kappa shape index (κ3) is 3.35. The van der Waals surface area contributed by atoms with E-state index in [0.717, 1.165) is 5.75 Å². The quantitative estimate of drug-likeness (QED) is 0.738. The maximum atomic E-state index is 11.2. The fourth-order valence-electron chi connectivity index (χ4n) is 1.17. The van der Waals surface area contributed by atoms with E-state index >= 15 is 0 Å². The minimum Gasteiger partial charge on any atom is -0.224 e. The van der Waals surface area contributed by atoms with Crippen molar-refractivity contribution < 1.29 is 8.42 Å². The Hall–Kier alpha value is -0.480. The molecule has 0 atom stereocenters. The molecule has 78 valence electrons. The first-order valence-corrected chi connectivity index (χ1v) is 8.33. The molecule has 0 aromatic heterocycles. The van der Waals surface area contributed by atoms with Crippen LogP contribution in [0.4, 0.5) is 0 Å². The number of sulfone groups is 1. The van der Waals surface area contributed by atoms with Crippen molar-refractivity contribution in [2.45, 2.75) is 10.6 Å². The van der Waals surface area contributed by atoms with Crippen LogP contribution in [-0.4, -0.2) is 27.2 Å². The van der Waals surface area contributed by atoms with E-state index in [0.29, 0.717) is 15.8 Å². The zero-order valence-corrected chi connectivity index (χ0v) is 10.3. The molecule has 1 aromatic rings. The van der Waals surface area contributed by atoms with E-state index in [1.165, 1.54) is 11.8 Å². The van der Waals surface area contributed by atoms with Crippen molar-refractivity contribution >= 4 is 20.7 Å². The van der Waals surface area contributed by atoms with Crippen molar-refractivity contribution in [3.8, 4) is 0 Å². The fraction of sp³-hybridized carbons (Fsp3) is 0.400. The molecule has 1 rings (SSSR count). The summed E-state index contributed by atoms with van der Waals surface area (Å²) >= 11 is 0. The number of hydrogen-bond donors (Lipinski definition) is 0. The normalized spacial score (nSPS) is 12.0. The smallest absolute Gasteiger partial charge is 0.175 e. The molecule has 0 fully saturated rings. The van der Waals surface area contributed by atoms with Gasteiger partial charge in [0.2, 0.25) is 0 Å². The van der Waals surface area contributed by atoms with Crippen LogP contribution in [0.5, 0.6) is 0 Å². The standard InChI is InChI=1S/C10H15O2S2/c1-13(2)8-9-4-6-10(7-5-9)14(3,11)12/h4-7H,8H2,1-3H3/q+1. The van der Waals surface area contributed by atoms with Crippen molar-refractivity contribution in [2.75, 3.05) is 18.8 Å². The van der Waals surface area contributed by atoms with Crippen molar-refractivity contribution in [3.05, 3.63) is 29.8 Å². The molecule has 14 heavy (non-hydrogen) atoms. The van der Waals surface area contributed by atoms with Crippen LogP contribution >= 0.6 is 0 Å². The first-order chi connectivity index (χ1) is 6.39. The molecule has 1 aromatic carbocycles. The highest BCUT2D eigenvalue weighted by molar-refractivity contribution is 7.94. The van der Waals surface area contributed by atoms with Crippen LogP contribution in [0, 0.1) is 0 Å². The summed E-state index contributed by atoms with van der Waals surface area (Å²) < 4.78 is 22.3. The van der Waals surface area contributed by atoms with E-state index in [9.17, 15) is 8.42 Å². The molecule has 2 nitrogen and oxygen atoms in total. The Balaban J connectivity index is 2.90. The van der Waals surface area contributed by atoms with Crippen molar-refractivity contribution in [1.82, 2.24) is 0 Å². The summed E-state index contributed by atoms with van der Waals surface area (Å²) in [4.78, 5) is 0.397. The maximum absolute atomic E-state index is 11.2. The number of benzene rings is 1. The van der Waals surface area contributed by atoms with E-state index in [-0.39, 0.29) is 0 Å². The highest BCUT2D eigenvalue weighted by Gasteiger charge is 2.08. The topological polar surface area (TPSA) is 34.1 Å². The van der Waals surface area contributed by atoms with Crippen LogP contribution in [0.15, 0.2) is 29.2 Å². The molecule has 0 unspecified atom stereocenters. The van der Waals surface area contributed by atoms with Crippen LogP contribution in [-0.2, 0) is 26.5 Å². The van der Waals surface area contributed by atoms with Gasteiger partial charge >= 0.3 is 0 Å². The predicted molar refractivity (Wildman–Crippen MR) is 62.5 cm³/mol. The van der Waals surface area contributed by atoms with Crippen LogP contribution in [0.1, 0.15) is 5.56 Å². The van der Waals surface area contributed by atoms with Crippen LogP contribution in [0.3, 0.4) is 0 Å². The lowest BCUT2D eigenvalue weighted by Gasteiger charge is -2.00. The molecule has 0 saturated heterocycles. The average molecular weight is 231 g/mol. The third-order valence-corrected chi connectivity index (χ3v) is 3.85. The van der Waals surface area contributed by atoms with Gasteiger partial charge in [-0.1, -0.05) is 12.1 Å². The van der Waals surface area contributed by atoms with Gasteiger partial charge in [-0.25, -0.2) is 8.42 Å². The summed E-state index contributed by atoms with van der Waals surface area (Å²) in [6.07, 6.45) is 5.57. The molecular weight excluding hydrogens is 216 g/mol. The first-order valence-electron chi connectivity index (χ1n) is 4.23. The second-order valence-corrected chi connectivity index (χ2v) is 7.82. The number of rotatable bonds is 3. The second kappa shape index (κ2) is 4.36. The monoisotopic (exact) mass is 231 g/mol. The SMILES string of the molecule is C[S+](C)Cc1ccc(S(C)(=O)=O)cc1. The molecule has 0 radical (unpaired) electrons. The van der Waals surface area contributed by atoms with Gasteiger partial charge in [0.1, 0.15) is 5.75 Å². The fourth-order valence-corrected chi connectivity index (χ4v) is 2.66. The Morgan fingerprint density at radius 1 is 1.14 bits per heavy atom. The Morgan fingerprint density at radius 3 is 2.00 bits per heavy atom. The minimum absolute atomic E-state index is 0.356. The summed E-state index contributed by atoms with van der Waals surface area (Å²) in [6.45, 7) is 0. The summed E-state index contributed by atoms with van der Waals surface area (Å²) in [6, 6.07) is 7.14. The van der Waals surface area contributed by atoms with Gasteiger partial charge in [-0.3, -0.25) is 0 Å². The van der Waals surface area contributed by atoms with E-state index < -0.39 is 9.84 Å². The van der Waals surface area contributed by atoms with Crippen molar-refractivity contribution in [2.24, 2.45) is 0 Å². The van der Waals surface area contributed by atoms with Gasteiger partial charge in [0.15, 0.2) is 9.84 Å². The Morgan fingerprint density at radius 2 is 1.64 bits per heavy atom. The number of hydrogen-bond acceptors (Lipinski definition) is 2. The van der Waals surface area contributed by atoms with E-state index in [4.69, 9.17) is 0 Å². The summed E-state index contributed by atoms with van der Waals surface area (Å²) in [7, 11) is -2.69. The lowest BCUT2D eigenvalue weighted by Crippen LogP contribution is -2.01. The molecule has 0 bridgehead atoms. The zero-order chi connectivity index (χ0) is 10.8. The van der Waals surface area contributed by atoms with Crippen molar-refractivity contribution in [3.63, 3.8) is 0 Å². The summed E-state index contributed by atoms with van der Waals surface area (Å²) in [5, 5.41) is 0. The summed E-state index contributed by atoms with van der Waals surface area (Å²) in [5.74, 6) is 1.02. The molecule has 4 heteroatoms. The Kier molecular flexibility index (Phi) is 3.61. The molecule has 0 spiro atoms. The van der Waals surface area contributed by atoms with Gasteiger partial charge in [-0.05, 0) is 23.0 Å². The van der Waals surface area contributed by atoms with E-state index in [1.54, 1.807) is 12.1 Å². The van der Waals surface area contributed by atoms with Gasteiger partial charge in [0, 0.05) is 11.8 Å². The Labute approximate surface area is 88.6 Å². The van der Waals surface area contributed by atoms with Gasteiger partial charge in [-0.2, -0.15) is 0 Å². The van der Waals surface area contributed by atoms with Gasteiger partial charge in [-0.15, -0.1) is 0 Å². The largest absolute Gasteiger partial charge is 0.224 e. The minimum atomic E-state index is -3.05. The van der Waals surface area contributed by atoms with E-state index in [1.807, 2.05) is 12.1 Å². The molecular formula is C10H15O2S2+. The van der Waals surface area contributed by atoms with Gasteiger partial charge in [0.05, 0.1) is 17.4 Å². The molecule has 0 heterocycles. The average Bonchev–Trinajstić information content (AvgIpc) is 2.02. The zero-order valence-electron chi connectivity index (χ0n) is 8.65. The molecule has 0 aliphatic rings. The molecule has 0 aliphatic carbocycles. The molecule has 0 N–H and O–H groups in total. The highest BCUT2D eigenvalue weighted by atomic mass is 32.2. The van der Waals surface area contributed by atoms with Crippen LogP contribution in [0.25, 0.3) is 0 Å². The Bertz CT molecular complexity index is 391. The van der Waals surface area contributed by atoms with Gasteiger partial charge < -0.3 is 0 Å². The third-order valence-electron chi connectivity index (χ3n) is 1.81. The van der Waals surface area contributed by atoms with E-state index in [2.05, 4.69) is 12.5 Å². The molecule has 0 saturated carbocycles. The van der Waals surface area contributed by atoms with Gasteiger partial charge in [0.25, 0.3) is 0 Å². The lowest BCUT2D eigenvalue weighted by molar-refractivity contribution is 0.602. The molecule has 0 aliphatic heterocycles. The maximum Gasteiger partial charge on any atom is 0.175 e.